The highest BCUT2D eigenvalue weighted by atomic mass is 16.6. The molecule has 2 aromatic carbocycles. The third kappa shape index (κ3) is 3.53. The van der Waals surface area contributed by atoms with Gasteiger partial charge in [0, 0.05) is 24.7 Å². The number of nitrogens with zero attached hydrogens (tertiary/aromatic N) is 2. The molecular formula is C20H21N3O4. The number of anilines is 2. The van der Waals surface area contributed by atoms with E-state index in [4.69, 9.17) is 0 Å². The maximum absolute atomic E-state index is 12.7. The predicted octanol–water partition coefficient (Wildman–Crippen LogP) is 3.51. The van der Waals surface area contributed by atoms with Crippen LogP contribution < -0.4 is 10.2 Å². The van der Waals surface area contributed by atoms with Crippen molar-refractivity contribution in [3.63, 3.8) is 0 Å². The fourth-order valence-corrected chi connectivity index (χ4v) is 3.52. The van der Waals surface area contributed by atoms with Gasteiger partial charge in [-0.3, -0.25) is 19.7 Å². The highest BCUT2D eigenvalue weighted by Crippen LogP contribution is 2.33. The first kappa shape index (κ1) is 18.6. The van der Waals surface area contributed by atoms with Crippen LogP contribution in [0, 0.1) is 36.8 Å². The first-order chi connectivity index (χ1) is 12.8. The van der Waals surface area contributed by atoms with E-state index in [0.717, 1.165) is 16.8 Å². The monoisotopic (exact) mass is 367 g/mol. The van der Waals surface area contributed by atoms with Gasteiger partial charge in [-0.2, -0.15) is 0 Å². The van der Waals surface area contributed by atoms with Gasteiger partial charge >= 0.3 is 0 Å². The molecule has 140 valence electrons. The van der Waals surface area contributed by atoms with Crippen LogP contribution in [0.2, 0.25) is 0 Å². The molecule has 2 aromatic rings. The lowest BCUT2D eigenvalue weighted by Gasteiger charge is -2.21. The summed E-state index contributed by atoms with van der Waals surface area (Å²) in [4.78, 5) is 37.6. The molecule has 27 heavy (non-hydrogen) atoms. The smallest absolute Gasteiger partial charge is 0.293 e. The van der Waals surface area contributed by atoms with Gasteiger partial charge in [0.25, 0.3) is 5.69 Å². The second-order valence-electron chi connectivity index (χ2n) is 6.86. The molecule has 1 aliphatic heterocycles. The highest BCUT2D eigenvalue weighted by Gasteiger charge is 2.37. The number of nitro groups is 1. The minimum atomic E-state index is -0.560. The van der Waals surface area contributed by atoms with Gasteiger partial charge in [-0.25, -0.2) is 0 Å². The molecule has 1 saturated heterocycles. The number of nitro benzene ring substituents is 1. The summed E-state index contributed by atoms with van der Waals surface area (Å²) in [7, 11) is 0. The van der Waals surface area contributed by atoms with Gasteiger partial charge in [0.05, 0.1) is 10.8 Å². The zero-order valence-corrected chi connectivity index (χ0v) is 15.5. The number of aryl methyl sites for hydroxylation is 3. The van der Waals surface area contributed by atoms with E-state index in [9.17, 15) is 19.7 Å². The summed E-state index contributed by atoms with van der Waals surface area (Å²) in [5.74, 6) is -1.06. The summed E-state index contributed by atoms with van der Waals surface area (Å²) < 4.78 is 0. The van der Waals surface area contributed by atoms with E-state index in [1.807, 2.05) is 32.0 Å². The number of carbonyl (C=O) groups excluding carboxylic acids is 2. The van der Waals surface area contributed by atoms with Gasteiger partial charge < -0.3 is 10.2 Å². The molecule has 1 N–H and O–H groups in total. The van der Waals surface area contributed by atoms with Gasteiger partial charge in [0.2, 0.25) is 11.8 Å². The molecule has 1 unspecified atom stereocenters. The minimum absolute atomic E-state index is 0.0826. The number of para-hydroxylation sites is 2. The largest absolute Gasteiger partial charge is 0.320 e. The van der Waals surface area contributed by atoms with Gasteiger partial charge in [-0.15, -0.1) is 0 Å². The quantitative estimate of drug-likeness (QED) is 0.661. The van der Waals surface area contributed by atoms with E-state index < -0.39 is 10.8 Å². The molecule has 1 aliphatic rings. The number of rotatable bonds is 4. The van der Waals surface area contributed by atoms with Crippen LogP contribution in [0.15, 0.2) is 36.4 Å². The van der Waals surface area contributed by atoms with Crippen molar-refractivity contribution in [2.24, 2.45) is 5.92 Å². The lowest BCUT2D eigenvalue weighted by Crippen LogP contribution is -2.29. The second kappa shape index (κ2) is 7.19. The Hall–Kier alpha value is -3.22. The van der Waals surface area contributed by atoms with Crippen LogP contribution in [0.5, 0.6) is 0 Å². The van der Waals surface area contributed by atoms with E-state index in [0.29, 0.717) is 5.56 Å². The van der Waals surface area contributed by atoms with Crippen molar-refractivity contribution >= 4 is 28.9 Å². The van der Waals surface area contributed by atoms with Gasteiger partial charge in [0.15, 0.2) is 0 Å². The van der Waals surface area contributed by atoms with Crippen LogP contribution in [0.1, 0.15) is 23.1 Å². The Balaban J connectivity index is 1.83. The number of hydrogen-bond acceptors (Lipinski definition) is 4. The summed E-state index contributed by atoms with van der Waals surface area (Å²) in [6, 6.07) is 10.4. The number of benzene rings is 2. The van der Waals surface area contributed by atoms with Gasteiger partial charge in [-0.1, -0.05) is 30.3 Å². The molecule has 7 nitrogen and oxygen atoms in total. The summed E-state index contributed by atoms with van der Waals surface area (Å²) in [6.07, 6.45) is 0.0826. The average molecular weight is 367 g/mol. The standard InChI is InChI=1S/C20H21N3O4/c1-12-6-5-9-16(23(26)27)18(12)21-20(25)15-10-17(24)22(11-15)19-13(2)7-4-8-14(19)3/h4-9,15H,10-11H2,1-3H3,(H,21,25). The fourth-order valence-electron chi connectivity index (χ4n) is 3.52. The SMILES string of the molecule is Cc1cccc([N+](=O)[O-])c1NC(=O)C1CC(=O)N(c2c(C)cccc2C)C1. The van der Waals surface area contributed by atoms with E-state index in [2.05, 4.69) is 5.32 Å². The fraction of sp³-hybridized carbons (Fsp3) is 0.300. The van der Waals surface area contributed by atoms with Crippen molar-refractivity contribution in [2.75, 3.05) is 16.8 Å². The number of carbonyl (C=O) groups is 2. The van der Waals surface area contributed by atoms with Crippen LogP contribution in [-0.2, 0) is 9.59 Å². The van der Waals surface area contributed by atoms with Crippen LogP contribution in [-0.4, -0.2) is 23.3 Å². The molecule has 0 radical (unpaired) electrons. The molecule has 0 aliphatic carbocycles. The first-order valence-electron chi connectivity index (χ1n) is 8.71. The Morgan fingerprint density at radius 2 is 1.70 bits per heavy atom. The normalized spacial score (nSPS) is 16.5. The topological polar surface area (TPSA) is 92.5 Å². The number of hydrogen-bond donors (Lipinski definition) is 1. The zero-order valence-electron chi connectivity index (χ0n) is 15.5. The van der Waals surface area contributed by atoms with Crippen molar-refractivity contribution in [1.29, 1.82) is 0 Å². The Morgan fingerprint density at radius 3 is 2.33 bits per heavy atom. The molecule has 0 spiro atoms. The molecule has 7 heteroatoms. The summed E-state index contributed by atoms with van der Waals surface area (Å²) in [5, 5.41) is 13.9. The highest BCUT2D eigenvalue weighted by molar-refractivity contribution is 6.05. The molecule has 0 saturated carbocycles. The predicted molar refractivity (Wildman–Crippen MR) is 103 cm³/mol. The molecule has 1 fully saturated rings. The third-order valence-electron chi connectivity index (χ3n) is 4.90. The van der Waals surface area contributed by atoms with Crippen molar-refractivity contribution in [2.45, 2.75) is 27.2 Å². The molecule has 1 atom stereocenters. The minimum Gasteiger partial charge on any atom is -0.320 e. The van der Waals surface area contributed by atoms with Gasteiger partial charge in [-0.05, 0) is 37.5 Å². The maximum atomic E-state index is 12.7. The van der Waals surface area contributed by atoms with Crippen LogP contribution in [0.4, 0.5) is 17.1 Å². The Labute approximate surface area is 157 Å². The molecule has 3 rings (SSSR count). The van der Waals surface area contributed by atoms with E-state index in [-0.39, 0.29) is 36.2 Å². The zero-order chi connectivity index (χ0) is 19.7. The second-order valence-corrected chi connectivity index (χ2v) is 6.86. The van der Waals surface area contributed by atoms with Crippen LogP contribution >= 0.6 is 0 Å². The summed E-state index contributed by atoms with van der Waals surface area (Å²) >= 11 is 0. The third-order valence-corrected chi connectivity index (χ3v) is 4.90. The first-order valence-corrected chi connectivity index (χ1v) is 8.71. The van der Waals surface area contributed by atoms with Crippen LogP contribution in [0.3, 0.4) is 0 Å². The Bertz CT molecular complexity index is 919. The van der Waals surface area contributed by atoms with Crippen molar-refractivity contribution < 1.29 is 14.5 Å². The molecule has 0 aromatic heterocycles. The van der Waals surface area contributed by atoms with E-state index >= 15 is 0 Å². The van der Waals surface area contributed by atoms with Crippen molar-refractivity contribution in [3.05, 3.63) is 63.2 Å². The number of amides is 2. The van der Waals surface area contributed by atoms with Gasteiger partial charge in [0.1, 0.15) is 5.69 Å². The number of nitrogens with one attached hydrogen (secondary N) is 1. The van der Waals surface area contributed by atoms with Crippen molar-refractivity contribution in [3.8, 4) is 0 Å². The molecular weight excluding hydrogens is 346 g/mol. The Kier molecular flexibility index (Phi) is 4.94. The molecule has 0 bridgehead atoms. The van der Waals surface area contributed by atoms with E-state index in [1.165, 1.54) is 6.07 Å². The Morgan fingerprint density at radius 1 is 1.11 bits per heavy atom. The molecule has 2 amide bonds. The molecule has 1 heterocycles. The summed E-state index contributed by atoms with van der Waals surface area (Å²) in [6.45, 7) is 5.82. The lowest BCUT2D eigenvalue weighted by atomic mass is 10.1. The van der Waals surface area contributed by atoms with Crippen LogP contribution in [0.25, 0.3) is 0 Å². The lowest BCUT2D eigenvalue weighted by molar-refractivity contribution is -0.384. The maximum Gasteiger partial charge on any atom is 0.293 e. The van der Waals surface area contributed by atoms with Crippen molar-refractivity contribution in [1.82, 2.24) is 0 Å². The average Bonchev–Trinajstić information content (AvgIpc) is 2.98. The van der Waals surface area contributed by atoms with E-state index in [1.54, 1.807) is 24.0 Å². The summed E-state index contributed by atoms with van der Waals surface area (Å²) in [5.41, 5.74) is 3.41.